The Morgan fingerprint density at radius 3 is 2.70 bits per heavy atom. The summed E-state index contributed by atoms with van der Waals surface area (Å²) in [5.41, 5.74) is 6.47. The van der Waals surface area contributed by atoms with Crippen molar-refractivity contribution in [1.82, 2.24) is 0 Å². The number of carbonyl (C=O) groups is 1. The van der Waals surface area contributed by atoms with Gasteiger partial charge in [-0.3, -0.25) is 0 Å². The first-order valence-electron chi connectivity index (χ1n) is 10.4. The number of carbonyl (C=O) groups excluding carboxylic acids is 1. The molecule has 4 nitrogen and oxygen atoms in total. The quantitative estimate of drug-likeness (QED) is 0.317. The van der Waals surface area contributed by atoms with Crippen LogP contribution in [0.3, 0.4) is 0 Å². The second-order valence-corrected chi connectivity index (χ2v) is 7.67. The number of esters is 1. The first-order chi connectivity index (χ1) is 14.5. The highest BCUT2D eigenvalue weighted by Gasteiger charge is 2.16. The van der Waals surface area contributed by atoms with Gasteiger partial charge in [-0.05, 0) is 61.9 Å². The summed E-state index contributed by atoms with van der Waals surface area (Å²) in [7, 11) is 1.73. The maximum absolute atomic E-state index is 11.4. The molecule has 0 atom stereocenters. The van der Waals surface area contributed by atoms with E-state index >= 15 is 0 Å². The summed E-state index contributed by atoms with van der Waals surface area (Å²) in [5, 5.41) is 0. The number of benzene rings is 2. The van der Waals surface area contributed by atoms with Gasteiger partial charge < -0.3 is 14.2 Å². The van der Waals surface area contributed by atoms with Gasteiger partial charge in [-0.1, -0.05) is 36.9 Å². The van der Waals surface area contributed by atoms with Crippen LogP contribution in [0, 0.1) is 6.92 Å². The number of fused-ring (bicyclic) bond motifs is 1. The highest BCUT2D eigenvalue weighted by Crippen LogP contribution is 2.37. The second kappa shape index (κ2) is 10.1. The molecule has 0 radical (unpaired) electrons. The minimum absolute atomic E-state index is 0.331. The number of methoxy groups -OCH3 is 1. The molecule has 1 aliphatic carbocycles. The van der Waals surface area contributed by atoms with Crippen molar-refractivity contribution in [2.24, 2.45) is 0 Å². The molecule has 0 saturated carbocycles. The SMILES string of the molecule is C=C(C)C(=O)OCCCOc1cccc2c1CCCC(c1ccc(C)cc1OC)=C2. The van der Waals surface area contributed by atoms with Crippen LogP contribution < -0.4 is 9.47 Å². The Hall–Kier alpha value is -3.01. The van der Waals surface area contributed by atoms with Crippen molar-refractivity contribution < 1.29 is 19.0 Å². The van der Waals surface area contributed by atoms with E-state index < -0.39 is 0 Å². The largest absolute Gasteiger partial charge is 0.496 e. The summed E-state index contributed by atoms with van der Waals surface area (Å²) in [4.78, 5) is 11.4. The predicted molar refractivity (Wildman–Crippen MR) is 121 cm³/mol. The number of rotatable bonds is 8. The van der Waals surface area contributed by atoms with Crippen LogP contribution in [0.4, 0.5) is 0 Å². The molecule has 0 aliphatic heterocycles. The molecule has 1 aliphatic rings. The van der Waals surface area contributed by atoms with E-state index in [-0.39, 0.29) is 5.97 Å². The highest BCUT2D eigenvalue weighted by atomic mass is 16.5. The van der Waals surface area contributed by atoms with Crippen molar-refractivity contribution in [3.05, 3.63) is 70.8 Å². The van der Waals surface area contributed by atoms with Gasteiger partial charge in [0.15, 0.2) is 0 Å². The van der Waals surface area contributed by atoms with Gasteiger partial charge in [0.05, 0.1) is 20.3 Å². The molecule has 2 aromatic rings. The summed E-state index contributed by atoms with van der Waals surface area (Å²) in [5.74, 6) is 1.47. The van der Waals surface area contributed by atoms with E-state index in [9.17, 15) is 4.79 Å². The molecule has 0 bridgehead atoms. The topological polar surface area (TPSA) is 44.8 Å². The van der Waals surface area contributed by atoms with E-state index in [2.05, 4.69) is 43.8 Å². The number of allylic oxidation sites excluding steroid dienone is 1. The van der Waals surface area contributed by atoms with E-state index in [1.165, 1.54) is 22.3 Å². The molecule has 158 valence electrons. The van der Waals surface area contributed by atoms with Crippen LogP contribution in [0.15, 0.2) is 48.6 Å². The minimum Gasteiger partial charge on any atom is -0.496 e. The molecule has 0 saturated heterocycles. The first kappa shape index (κ1) is 21.7. The Morgan fingerprint density at radius 2 is 1.93 bits per heavy atom. The predicted octanol–water partition coefficient (Wildman–Crippen LogP) is 5.77. The molecule has 0 heterocycles. The summed E-state index contributed by atoms with van der Waals surface area (Å²) < 4.78 is 16.8. The molecule has 30 heavy (non-hydrogen) atoms. The van der Waals surface area contributed by atoms with E-state index in [1.807, 2.05) is 12.1 Å². The van der Waals surface area contributed by atoms with Gasteiger partial charge in [0.25, 0.3) is 0 Å². The van der Waals surface area contributed by atoms with Crippen LogP contribution in [-0.2, 0) is 16.0 Å². The molecule has 0 N–H and O–H groups in total. The summed E-state index contributed by atoms with van der Waals surface area (Å²) in [6, 6.07) is 12.6. The fourth-order valence-corrected chi connectivity index (χ4v) is 3.64. The van der Waals surface area contributed by atoms with Crippen molar-refractivity contribution in [1.29, 1.82) is 0 Å². The Bertz CT molecular complexity index is 956. The van der Waals surface area contributed by atoms with Crippen molar-refractivity contribution in [2.75, 3.05) is 20.3 Å². The van der Waals surface area contributed by atoms with Crippen LogP contribution in [0.2, 0.25) is 0 Å². The summed E-state index contributed by atoms with van der Waals surface area (Å²) in [6.07, 6.45) is 5.91. The van der Waals surface area contributed by atoms with Crippen LogP contribution in [0.1, 0.15) is 48.4 Å². The molecule has 2 aromatic carbocycles. The first-order valence-corrected chi connectivity index (χ1v) is 10.4. The zero-order chi connectivity index (χ0) is 21.5. The lowest BCUT2D eigenvalue weighted by atomic mass is 9.98. The van der Waals surface area contributed by atoms with Gasteiger partial charge in [-0.15, -0.1) is 0 Å². The minimum atomic E-state index is -0.354. The maximum Gasteiger partial charge on any atom is 0.333 e. The molecule has 4 heteroatoms. The average molecular weight is 407 g/mol. The molecule has 0 unspecified atom stereocenters. The number of hydrogen-bond donors (Lipinski definition) is 0. The molecular formula is C26H30O4. The smallest absolute Gasteiger partial charge is 0.333 e. The number of hydrogen-bond acceptors (Lipinski definition) is 4. The highest BCUT2D eigenvalue weighted by molar-refractivity contribution is 5.87. The third-order valence-corrected chi connectivity index (χ3v) is 5.20. The normalized spacial score (nSPS) is 13.0. The Labute approximate surface area is 179 Å². The third-order valence-electron chi connectivity index (χ3n) is 5.20. The zero-order valence-corrected chi connectivity index (χ0v) is 18.1. The van der Waals surface area contributed by atoms with Crippen molar-refractivity contribution >= 4 is 17.6 Å². The molecule has 0 aromatic heterocycles. The van der Waals surface area contributed by atoms with Crippen LogP contribution in [0.5, 0.6) is 11.5 Å². The maximum atomic E-state index is 11.4. The van der Waals surface area contributed by atoms with Gasteiger partial charge in [0.1, 0.15) is 11.5 Å². The van der Waals surface area contributed by atoms with Gasteiger partial charge >= 0.3 is 5.97 Å². The zero-order valence-electron chi connectivity index (χ0n) is 18.1. The van der Waals surface area contributed by atoms with Crippen molar-refractivity contribution in [2.45, 2.75) is 39.5 Å². The molecule has 0 fully saturated rings. The van der Waals surface area contributed by atoms with E-state index in [1.54, 1.807) is 14.0 Å². The van der Waals surface area contributed by atoms with Crippen LogP contribution >= 0.6 is 0 Å². The monoisotopic (exact) mass is 406 g/mol. The van der Waals surface area contributed by atoms with E-state index in [4.69, 9.17) is 14.2 Å². The third kappa shape index (κ3) is 5.32. The molecular weight excluding hydrogens is 376 g/mol. The van der Waals surface area contributed by atoms with Crippen molar-refractivity contribution in [3.8, 4) is 11.5 Å². The van der Waals surface area contributed by atoms with Gasteiger partial charge in [-0.25, -0.2) is 4.79 Å². The van der Waals surface area contributed by atoms with Gasteiger partial charge in [-0.2, -0.15) is 0 Å². The fraction of sp³-hybridized carbons (Fsp3) is 0.346. The lowest BCUT2D eigenvalue weighted by Crippen LogP contribution is -2.09. The van der Waals surface area contributed by atoms with E-state index in [0.29, 0.717) is 25.2 Å². The summed E-state index contributed by atoms with van der Waals surface area (Å²) >= 11 is 0. The van der Waals surface area contributed by atoms with Crippen LogP contribution in [-0.4, -0.2) is 26.3 Å². The molecule has 0 amide bonds. The van der Waals surface area contributed by atoms with Gasteiger partial charge in [0.2, 0.25) is 0 Å². The second-order valence-electron chi connectivity index (χ2n) is 7.67. The Kier molecular flexibility index (Phi) is 7.34. The summed E-state index contributed by atoms with van der Waals surface area (Å²) in [6.45, 7) is 8.14. The standard InChI is InChI=1S/C26H30O4/c1-18(2)26(27)30-15-7-14-29-24-11-6-9-20-17-21(8-5-10-22(20)24)23-13-12-19(3)16-25(23)28-4/h6,9,11-13,16-17H,1,5,7-8,10,14-15H2,2-4H3. The molecule has 3 rings (SSSR count). The fourth-order valence-electron chi connectivity index (χ4n) is 3.64. The Morgan fingerprint density at radius 1 is 1.10 bits per heavy atom. The van der Waals surface area contributed by atoms with E-state index in [0.717, 1.165) is 36.3 Å². The number of ether oxygens (including phenoxy) is 3. The molecule has 0 spiro atoms. The van der Waals surface area contributed by atoms with Gasteiger partial charge in [0, 0.05) is 23.1 Å². The Balaban J connectivity index is 1.73. The average Bonchev–Trinajstić information content (AvgIpc) is 2.96. The van der Waals surface area contributed by atoms with Crippen LogP contribution in [0.25, 0.3) is 11.6 Å². The van der Waals surface area contributed by atoms with Crippen molar-refractivity contribution in [3.63, 3.8) is 0 Å². The lowest BCUT2D eigenvalue weighted by Gasteiger charge is -2.13. The number of aryl methyl sites for hydroxylation is 1. The lowest BCUT2D eigenvalue weighted by molar-refractivity contribution is -0.139.